The molecule has 0 saturated carbocycles. The molecule has 3 aromatic carbocycles. The number of aliphatic carboxylic acids is 1. The first-order chi connectivity index (χ1) is 18.0. The third-order valence-electron chi connectivity index (χ3n) is 5.34. The van der Waals surface area contributed by atoms with Gasteiger partial charge in [-0.1, -0.05) is 42.5 Å². The molecule has 0 aliphatic rings. The van der Waals surface area contributed by atoms with E-state index in [0.717, 1.165) is 30.0 Å². The normalized spacial score (nSPS) is 11.9. The fourth-order valence-electron chi connectivity index (χ4n) is 3.50. The minimum absolute atomic E-state index is 0.00675. The molecule has 0 aliphatic carbocycles. The van der Waals surface area contributed by atoms with Crippen molar-refractivity contribution in [1.82, 2.24) is 5.32 Å². The van der Waals surface area contributed by atoms with E-state index in [2.05, 4.69) is 5.32 Å². The molecule has 0 amide bonds. The minimum atomic E-state index is -3.74. The van der Waals surface area contributed by atoms with Crippen LogP contribution in [0, 0.1) is 0 Å². The molecule has 0 aromatic heterocycles. The molecule has 0 radical (unpaired) electrons. The highest BCUT2D eigenvalue weighted by molar-refractivity contribution is 7.89. The predicted octanol–water partition coefficient (Wildman–Crippen LogP) is 2.21. The molecule has 7 N–H and O–H groups in total. The Morgan fingerprint density at radius 1 is 1.00 bits per heavy atom. The Kier molecular flexibility index (Phi) is 12.3. The number of aliphatic hydroxyl groups excluding tert-OH is 2. The van der Waals surface area contributed by atoms with Crippen LogP contribution in [0.5, 0.6) is 5.75 Å². The summed E-state index contributed by atoms with van der Waals surface area (Å²) in [5.74, 6) is -0.827. The van der Waals surface area contributed by atoms with Gasteiger partial charge >= 0.3 is 0 Å². The number of nitrogens with two attached hydrogens (primary N) is 1. The van der Waals surface area contributed by atoms with Gasteiger partial charge in [0.25, 0.3) is 5.97 Å². The average molecular weight is 547 g/mol. The van der Waals surface area contributed by atoms with Gasteiger partial charge in [-0.05, 0) is 59.5 Å². The number of aromatic hydroxyl groups is 1. The van der Waals surface area contributed by atoms with Crippen LogP contribution in [-0.4, -0.2) is 47.9 Å². The van der Waals surface area contributed by atoms with E-state index in [4.69, 9.17) is 19.8 Å². The van der Waals surface area contributed by atoms with E-state index in [9.17, 15) is 23.7 Å². The highest BCUT2D eigenvalue weighted by Crippen LogP contribution is 2.22. The Labute approximate surface area is 222 Å². The molecular formula is C27H34N2O8S. The number of carbonyl (C=O) groups is 1. The van der Waals surface area contributed by atoms with E-state index in [0.29, 0.717) is 30.8 Å². The Hall–Kier alpha value is -3.32. The summed E-state index contributed by atoms with van der Waals surface area (Å²) in [6.07, 6.45) is 0.00688. The van der Waals surface area contributed by atoms with Gasteiger partial charge in [-0.3, -0.25) is 4.79 Å². The van der Waals surface area contributed by atoms with Crippen molar-refractivity contribution in [3.05, 3.63) is 94.5 Å². The number of hydrogen-bond acceptors (Lipinski definition) is 8. The number of phenols is 1. The monoisotopic (exact) mass is 546 g/mol. The molecule has 0 unspecified atom stereocenters. The number of primary sulfonamides is 1. The first kappa shape index (κ1) is 30.9. The molecule has 0 spiro atoms. The van der Waals surface area contributed by atoms with Crippen molar-refractivity contribution in [2.24, 2.45) is 5.14 Å². The van der Waals surface area contributed by atoms with E-state index < -0.39 is 22.1 Å². The quantitative estimate of drug-likeness (QED) is 0.186. The summed E-state index contributed by atoms with van der Waals surface area (Å²) in [5.41, 5.74) is 3.85. The number of ether oxygens (including phenoxy) is 1. The summed E-state index contributed by atoms with van der Waals surface area (Å²) >= 11 is 0. The highest BCUT2D eigenvalue weighted by Gasteiger charge is 2.10. The van der Waals surface area contributed by atoms with Crippen molar-refractivity contribution >= 4 is 16.0 Å². The molecular weight excluding hydrogens is 512 g/mol. The van der Waals surface area contributed by atoms with Crippen LogP contribution in [0.25, 0.3) is 0 Å². The lowest BCUT2D eigenvalue weighted by molar-refractivity contribution is -0.134. The Balaban J connectivity index is 0.00000118. The third-order valence-corrected chi connectivity index (χ3v) is 6.25. The molecule has 0 bridgehead atoms. The summed E-state index contributed by atoms with van der Waals surface area (Å²) in [5, 5.41) is 45.0. The molecule has 1 atom stereocenters. The van der Waals surface area contributed by atoms with Crippen LogP contribution in [0.15, 0.2) is 71.6 Å². The molecule has 0 saturated heterocycles. The first-order valence-electron chi connectivity index (χ1n) is 11.8. The Morgan fingerprint density at radius 2 is 1.61 bits per heavy atom. The Bertz CT molecular complexity index is 1290. The van der Waals surface area contributed by atoms with Crippen molar-refractivity contribution in [1.29, 1.82) is 0 Å². The van der Waals surface area contributed by atoms with Gasteiger partial charge in [0.15, 0.2) is 0 Å². The van der Waals surface area contributed by atoms with Crippen molar-refractivity contribution in [3.8, 4) is 5.75 Å². The van der Waals surface area contributed by atoms with Gasteiger partial charge in [-0.25, -0.2) is 13.6 Å². The maximum atomic E-state index is 11.5. The van der Waals surface area contributed by atoms with E-state index in [-0.39, 0.29) is 23.9 Å². The van der Waals surface area contributed by atoms with Crippen LogP contribution in [-0.2, 0) is 45.8 Å². The first-order valence-corrected chi connectivity index (χ1v) is 13.3. The van der Waals surface area contributed by atoms with Crippen molar-refractivity contribution in [2.45, 2.75) is 44.2 Å². The zero-order chi connectivity index (χ0) is 28.1. The van der Waals surface area contributed by atoms with Gasteiger partial charge in [-0.2, -0.15) is 0 Å². The van der Waals surface area contributed by atoms with Gasteiger partial charge in [0.05, 0.1) is 30.8 Å². The number of hydrogen-bond donors (Lipinski definition) is 6. The van der Waals surface area contributed by atoms with Crippen molar-refractivity contribution in [3.63, 3.8) is 0 Å². The van der Waals surface area contributed by atoms with Crippen LogP contribution < -0.4 is 10.5 Å². The number of nitrogens with one attached hydrogen (secondary N) is 1. The zero-order valence-corrected chi connectivity index (χ0v) is 21.9. The van der Waals surface area contributed by atoms with Crippen molar-refractivity contribution < 1.29 is 38.4 Å². The largest absolute Gasteiger partial charge is 0.508 e. The number of aliphatic hydroxyl groups is 2. The molecule has 206 valence electrons. The van der Waals surface area contributed by atoms with Gasteiger partial charge in [0, 0.05) is 19.0 Å². The third kappa shape index (κ3) is 11.0. The Morgan fingerprint density at radius 3 is 2.24 bits per heavy atom. The smallest absolute Gasteiger partial charge is 0.300 e. The lowest BCUT2D eigenvalue weighted by Crippen LogP contribution is -2.23. The molecule has 0 heterocycles. The summed E-state index contributed by atoms with van der Waals surface area (Å²) in [4.78, 5) is 9.06. The number of carboxylic acids is 1. The lowest BCUT2D eigenvalue weighted by Gasteiger charge is -2.14. The minimum Gasteiger partial charge on any atom is -0.508 e. The summed E-state index contributed by atoms with van der Waals surface area (Å²) in [6, 6.07) is 19.1. The van der Waals surface area contributed by atoms with E-state index in [1.54, 1.807) is 24.3 Å². The van der Waals surface area contributed by atoms with Crippen LogP contribution in [0.4, 0.5) is 0 Å². The van der Waals surface area contributed by atoms with Gasteiger partial charge in [0.2, 0.25) is 10.0 Å². The number of carboxylic acid groups (broad SMARTS) is 1. The standard InChI is InChI=1S/C25H30N2O6S.C2H4O2/c26-34(31,32)23-6-2-5-20(12-23)17-33-16-19-4-1-3-18(11-19)9-10-27-14-25(30)21-7-8-24(29)22(13-21)15-28;1-2(3)4/h1-8,11-13,25,27-30H,9-10,14-17H2,(H2,26,31,32);1H3,(H,3,4)/t25-;/m0./s1. The van der Waals surface area contributed by atoms with Gasteiger partial charge in [-0.15, -0.1) is 0 Å². The zero-order valence-electron chi connectivity index (χ0n) is 21.1. The summed E-state index contributed by atoms with van der Waals surface area (Å²) in [7, 11) is -3.74. The molecule has 3 aromatic rings. The topological polar surface area (TPSA) is 179 Å². The maximum Gasteiger partial charge on any atom is 0.300 e. The number of sulfonamides is 1. The lowest BCUT2D eigenvalue weighted by atomic mass is 10.0. The van der Waals surface area contributed by atoms with Gasteiger partial charge < -0.3 is 30.5 Å². The van der Waals surface area contributed by atoms with Crippen LogP contribution in [0.1, 0.15) is 40.8 Å². The fraction of sp³-hybridized carbons (Fsp3) is 0.296. The van der Waals surface area contributed by atoms with Crippen molar-refractivity contribution in [2.75, 3.05) is 13.1 Å². The van der Waals surface area contributed by atoms with Crippen LogP contribution >= 0.6 is 0 Å². The average Bonchev–Trinajstić information content (AvgIpc) is 2.86. The number of benzene rings is 3. The molecule has 0 fully saturated rings. The van der Waals surface area contributed by atoms with E-state index in [1.807, 2.05) is 24.3 Å². The predicted molar refractivity (Wildman–Crippen MR) is 142 cm³/mol. The molecule has 38 heavy (non-hydrogen) atoms. The molecule has 3 rings (SSSR count). The molecule has 10 nitrogen and oxygen atoms in total. The second kappa shape index (κ2) is 15.2. The van der Waals surface area contributed by atoms with E-state index >= 15 is 0 Å². The number of rotatable bonds is 12. The van der Waals surface area contributed by atoms with Crippen LogP contribution in [0.2, 0.25) is 0 Å². The summed E-state index contributed by atoms with van der Waals surface area (Å²) < 4.78 is 28.7. The second-order valence-electron chi connectivity index (χ2n) is 8.54. The molecule has 0 aliphatic heterocycles. The summed E-state index contributed by atoms with van der Waals surface area (Å²) in [6.45, 7) is 2.44. The molecule has 11 heteroatoms. The highest BCUT2D eigenvalue weighted by atomic mass is 32.2. The maximum absolute atomic E-state index is 11.5. The fourth-order valence-corrected chi connectivity index (χ4v) is 4.09. The van der Waals surface area contributed by atoms with Crippen LogP contribution in [0.3, 0.4) is 0 Å². The van der Waals surface area contributed by atoms with Gasteiger partial charge in [0.1, 0.15) is 5.75 Å². The second-order valence-corrected chi connectivity index (χ2v) is 10.1. The van der Waals surface area contributed by atoms with E-state index in [1.165, 1.54) is 18.2 Å². The SMILES string of the molecule is CC(=O)O.NS(=O)(=O)c1cccc(COCc2cccc(CCNC[C@H](O)c3ccc(O)c(CO)c3)c2)c1.